The van der Waals surface area contributed by atoms with E-state index in [0.717, 1.165) is 19.6 Å². The molecule has 2 atom stereocenters. The van der Waals surface area contributed by atoms with Gasteiger partial charge in [-0.1, -0.05) is 30.7 Å². The van der Waals surface area contributed by atoms with E-state index in [-0.39, 0.29) is 0 Å². The topological polar surface area (TPSA) is 18.5 Å². The number of nitrogens with zero attached hydrogens (tertiary/aromatic N) is 2. The summed E-state index contributed by atoms with van der Waals surface area (Å²) in [5, 5.41) is 3.71. The summed E-state index contributed by atoms with van der Waals surface area (Å²) in [6.07, 6.45) is 0. The fourth-order valence-electron chi connectivity index (χ4n) is 3.25. The van der Waals surface area contributed by atoms with Crippen molar-refractivity contribution in [2.45, 2.75) is 32.9 Å². The lowest BCUT2D eigenvalue weighted by atomic mass is 9.92. The van der Waals surface area contributed by atoms with Gasteiger partial charge in [0, 0.05) is 31.7 Å². The van der Waals surface area contributed by atoms with Gasteiger partial charge in [0.25, 0.3) is 0 Å². The number of hydrogen-bond donors (Lipinski definition) is 1. The van der Waals surface area contributed by atoms with Crippen LogP contribution in [0.15, 0.2) is 18.2 Å². The summed E-state index contributed by atoms with van der Waals surface area (Å²) in [6, 6.07) is 7.79. The largest absolute Gasteiger partial charge is 0.309 e. The normalized spacial score (nSPS) is 22.9. The zero-order valence-electron chi connectivity index (χ0n) is 13.6. The number of hydrogen-bond acceptors (Lipinski definition) is 3. The van der Waals surface area contributed by atoms with E-state index < -0.39 is 0 Å². The number of aryl methyl sites for hydroxylation is 2. The molecule has 112 valence electrons. The van der Waals surface area contributed by atoms with Crippen LogP contribution >= 0.6 is 0 Å². The lowest BCUT2D eigenvalue weighted by Gasteiger charge is -2.42. The minimum absolute atomic E-state index is 0.411. The standard InChI is InChI=1S/C17H29N3/c1-6-18-17(15-8-7-13(2)11-14(15)3)16-12-19(4)9-10-20(16)5/h7-8,11,16-18H,6,9-10,12H2,1-5H3. The van der Waals surface area contributed by atoms with Gasteiger partial charge in [0.05, 0.1) is 0 Å². The molecule has 0 bridgehead atoms. The number of nitrogens with one attached hydrogen (secondary N) is 1. The van der Waals surface area contributed by atoms with Crippen molar-refractivity contribution in [3.63, 3.8) is 0 Å². The van der Waals surface area contributed by atoms with Gasteiger partial charge in [0.1, 0.15) is 0 Å². The van der Waals surface area contributed by atoms with Crippen LogP contribution in [0.4, 0.5) is 0 Å². The van der Waals surface area contributed by atoms with Crippen LogP contribution in [-0.2, 0) is 0 Å². The Kier molecular flexibility index (Phi) is 5.19. The van der Waals surface area contributed by atoms with Crippen molar-refractivity contribution in [2.75, 3.05) is 40.3 Å². The summed E-state index contributed by atoms with van der Waals surface area (Å²) in [4.78, 5) is 4.95. The average molecular weight is 275 g/mol. The summed E-state index contributed by atoms with van der Waals surface area (Å²) >= 11 is 0. The highest BCUT2D eigenvalue weighted by Gasteiger charge is 2.31. The van der Waals surface area contributed by atoms with Gasteiger partial charge in [0.15, 0.2) is 0 Å². The summed E-state index contributed by atoms with van der Waals surface area (Å²) in [7, 11) is 4.48. The third-order valence-corrected chi connectivity index (χ3v) is 4.47. The molecule has 2 rings (SSSR count). The number of rotatable bonds is 4. The summed E-state index contributed by atoms with van der Waals surface area (Å²) in [6.45, 7) is 11.0. The van der Waals surface area contributed by atoms with E-state index in [1.807, 2.05) is 0 Å². The Balaban J connectivity index is 2.29. The summed E-state index contributed by atoms with van der Waals surface area (Å²) in [5.74, 6) is 0. The fraction of sp³-hybridized carbons (Fsp3) is 0.647. The molecule has 1 aromatic carbocycles. The molecule has 3 nitrogen and oxygen atoms in total. The second-order valence-electron chi connectivity index (χ2n) is 6.21. The Morgan fingerprint density at radius 2 is 2.00 bits per heavy atom. The van der Waals surface area contributed by atoms with Crippen LogP contribution in [-0.4, -0.2) is 56.1 Å². The molecule has 0 aliphatic carbocycles. The molecule has 0 spiro atoms. The molecule has 1 N–H and O–H groups in total. The average Bonchev–Trinajstić information content (AvgIpc) is 2.40. The molecular formula is C17H29N3. The highest BCUT2D eigenvalue weighted by atomic mass is 15.3. The third kappa shape index (κ3) is 3.40. The first-order chi connectivity index (χ1) is 9.52. The first-order valence-corrected chi connectivity index (χ1v) is 7.72. The fourth-order valence-corrected chi connectivity index (χ4v) is 3.25. The van der Waals surface area contributed by atoms with Crippen molar-refractivity contribution >= 4 is 0 Å². The second-order valence-corrected chi connectivity index (χ2v) is 6.21. The molecule has 0 amide bonds. The Bertz CT molecular complexity index is 444. The SMILES string of the molecule is CCNC(c1ccc(C)cc1C)C1CN(C)CCN1C. The minimum atomic E-state index is 0.411. The van der Waals surface area contributed by atoms with Gasteiger partial charge in [-0.15, -0.1) is 0 Å². The van der Waals surface area contributed by atoms with Gasteiger partial charge in [-0.3, -0.25) is 4.90 Å². The van der Waals surface area contributed by atoms with E-state index in [4.69, 9.17) is 0 Å². The number of benzene rings is 1. The minimum Gasteiger partial charge on any atom is -0.309 e. The molecule has 1 saturated heterocycles. The quantitative estimate of drug-likeness (QED) is 0.909. The van der Waals surface area contributed by atoms with Crippen molar-refractivity contribution in [3.8, 4) is 0 Å². The summed E-state index contributed by atoms with van der Waals surface area (Å²) < 4.78 is 0. The Morgan fingerprint density at radius 3 is 2.65 bits per heavy atom. The van der Waals surface area contributed by atoms with Crippen LogP contribution in [0.1, 0.15) is 29.7 Å². The van der Waals surface area contributed by atoms with Gasteiger partial charge in [-0.05, 0) is 45.6 Å². The molecule has 2 unspecified atom stereocenters. The Labute approximate surface area is 124 Å². The van der Waals surface area contributed by atoms with Crippen LogP contribution in [0.25, 0.3) is 0 Å². The second kappa shape index (κ2) is 6.70. The van der Waals surface area contributed by atoms with Crippen LogP contribution in [0.5, 0.6) is 0 Å². The van der Waals surface area contributed by atoms with Gasteiger partial charge in [0.2, 0.25) is 0 Å². The van der Waals surface area contributed by atoms with Crippen LogP contribution in [0, 0.1) is 13.8 Å². The smallest absolute Gasteiger partial charge is 0.0493 e. The van der Waals surface area contributed by atoms with E-state index in [9.17, 15) is 0 Å². The molecule has 1 aromatic rings. The van der Waals surface area contributed by atoms with Crippen molar-refractivity contribution in [3.05, 3.63) is 34.9 Å². The Hall–Kier alpha value is -0.900. The molecule has 1 heterocycles. The highest BCUT2D eigenvalue weighted by Crippen LogP contribution is 2.26. The Morgan fingerprint density at radius 1 is 1.25 bits per heavy atom. The van der Waals surface area contributed by atoms with Gasteiger partial charge >= 0.3 is 0 Å². The van der Waals surface area contributed by atoms with Crippen molar-refractivity contribution in [1.29, 1.82) is 0 Å². The molecule has 0 aromatic heterocycles. The maximum atomic E-state index is 3.71. The third-order valence-electron chi connectivity index (χ3n) is 4.47. The maximum Gasteiger partial charge on any atom is 0.0493 e. The van der Waals surface area contributed by atoms with Crippen LogP contribution in [0.3, 0.4) is 0 Å². The van der Waals surface area contributed by atoms with E-state index >= 15 is 0 Å². The van der Waals surface area contributed by atoms with E-state index in [1.165, 1.54) is 23.2 Å². The molecule has 1 aliphatic rings. The predicted molar refractivity (Wildman–Crippen MR) is 86.2 cm³/mol. The number of likely N-dealkylation sites (N-methyl/N-ethyl adjacent to an activating group) is 3. The predicted octanol–water partition coefficient (Wildman–Crippen LogP) is 2.20. The zero-order valence-corrected chi connectivity index (χ0v) is 13.6. The molecule has 1 fully saturated rings. The van der Waals surface area contributed by atoms with Gasteiger partial charge in [-0.2, -0.15) is 0 Å². The molecule has 0 saturated carbocycles. The molecule has 1 aliphatic heterocycles. The van der Waals surface area contributed by atoms with Crippen molar-refractivity contribution in [1.82, 2.24) is 15.1 Å². The first-order valence-electron chi connectivity index (χ1n) is 7.72. The van der Waals surface area contributed by atoms with Crippen LogP contribution in [0.2, 0.25) is 0 Å². The van der Waals surface area contributed by atoms with Crippen molar-refractivity contribution in [2.24, 2.45) is 0 Å². The zero-order chi connectivity index (χ0) is 14.7. The molecular weight excluding hydrogens is 246 g/mol. The summed E-state index contributed by atoms with van der Waals surface area (Å²) in [5.41, 5.74) is 4.19. The lowest BCUT2D eigenvalue weighted by molar-refractivity contribution is 0.0879. The van der Waals surface area contributed by atoms with Gasteiger partial charge in [-0.25, -0.2) is 0 Å². The molecule has 3 heteroatoms. The molecule has 0 radical (unpaired) electrons. The molecule has 20 heavy (non-hydrogen) atoms. The van der Waals surface area contributed by atoms with Gasteiger partial charge < -0.3 is 10.2 Å². The van der Waals surface area contributed by atoms with E-state index in [0.29, 0.717) is 12.1 Å². The van der Waals surface area contributed by atoms with E-state index in [2.05, 4.69) is 68.2 Å². The van der Waals surface area contributed by atoms with Crippen LogP contribution < -0.4 is 5.32 Å². The maximum absolute atomic E-state index is 3.71. The monoisotopic (exact) mass is 275 g/mol. The first kappa shape index (κ1) is 15.5. The number of piperazine rings is 1. The lowest BCUT2D eigenvalue weighted by Crippen LogP contribution is -2.55. The van der Waals surface area contributed by atoms with Crippen molar-refractivity contribution < 1.29 is 0 Å². The van der Waals surface area contributed by atoms with E-state index in [1.54, 1.807) is 0 Å². The highest BCUT2D eigenvalue weighted by molar-refractivity contribution is 5.34.